The summed E-state index contributed by atoms with van der Waals surface area (Å²) < 4.78 is 1.62. The minimum absolute atomic E-state index is 0.102. The molecule has 3 N–H and O–H groups in total. The molecule has 1 heterocycles. The van der Waals surface area contributed by atoms with Gasteiger partial charge in [-0.2, -0.15) is 0 Å². The van der Waals surface area contributed by atoms with Crippen molar-refractivity contribution in [1.29, 1.82) is 0 Å². The van der Waals surface area contributed by atoms with Crippen LogP contribution in [0.1, 0.15) is 27.2 Å². The van der Waals surface area contributed by atoms with E-state index in [1.54, 1.807) is 0 Å². The van der Waals surface area contributed by atoms with Crippen molar-refractivity contribution in [1.82, 2.24) is 20.1 Å². The zero-order valence-corrected chi connectivity index (χ0v) is 10.4. The largest absolute Gasteiger partial charge is 0.351 e. The number of aromatic nitrogens is 3. The molecular weight excluding hydrogens is 228 g/mol. The lowest BCUT2D eigenvalue weighted by Crippen LogP contribution is -2.41. The molecule has 6 nitrogen and oxygen atoms in total. The van der Waals surface area contributed by atoms with E-state index in [0.29, 0.717) is 4.77 Å². The fraction of sp³-hybridized carbons (Fsp3) is 0.667. The summed E-state index contributed by atoms with van der Waals surface area (Å²) >= 11 is 4.88. The minimum Gasteiger partial charge on any atom is -0.351 e. The van der Waals surface area contributed by atoms with Crippen LogP contribution in [-0.2, 0) is 11.3 Å². The first-order valence-corrected chi connectivity index (χ1v) is 5.39. The van der Waals surface area contributed by atoms with Crippen molar-refractivity contribution in [3.63, 3.8) is 0 Å². The van der Waals surface area contributed by atoms with E-state index in [4.69, 9.17) is 12.2 Å². The van der Waals surface area contributed by atoms with Crippen LogP contribution in [0.5, 0.6) is 0 Å². The molecule has 0 fully saturated rings. The normalized spacial score (nSPS) is 11.4. The maximum absolute atomic E-state index is 11.5. The van der Waals surface area contributed by atoms with Crippen LogP contribution in [0.4, 0.5) is 0 Å². The maximum atomic E-state index is 11.5. The lowest BCUT2D eigenvalue weighted by molar-refractivity contribution is -0.122. The third-order valence-electron chi connectivity index (χ3n) is 1.84. The molecule has 1 aromatic heterocycles. The van der Waals surface area contributed by atoms with Gasteiger partial charge in [0.15, 0.2) is 4.77 Å². The molecule has 1 amide bonds. The molecule has 1 rings (SSSR count). The summed E-state index contributed by atoms with van der Waals surface area (Å²) in [5.74, 6) is -0.102. The monoisotopic (exact) mass is 244 g/mol. The fourth-order valence-corrected chi connectivity index (χ4v) is 1.46. The Kier molecular flexibility index (Phi) is 3.69. The van der Waals surface area contributed by atoms with E-state index in [2.05, 4.69) is 15.5 Å². The van der Waals surface area contributed by atoms with Crippen LogP contribution in [0, 0.1) is 4.77 Å². The van der Waals surface area contributed by atoms with E-state index in [-0.39, 0.29) is 30.1 Å². The smallest absolute Gasteiger partial charge is 0.342 e. The van der Waals surface area contributed by atoms with Crippen molar-refractivity contribution in [2.24, 2.45) is 0 Å². The van der Waals surface area contributed by atoms with E-state index in [1.807, 2.05) is 20.8 Å². The lowest BCUT2D eigenvalue weighted by atomic mass is 10.1. The zero-order valence-electron chi connectivity index (χ0n) is 9.59. The number of nitrogens with one attached hydrogen (secondary N) is 3. The van der Waals surface area contributed by atoms with Gasteiger partial charge in [0.2, 0.25) is 5.91 Å². The summed E-state index contributed by atoms with van der Waals surface area (Å²) in [5, 5.41) is 7.68. The number of carbonyl (C=O) groups excluding carboxylic acids is 1. The topological polar surface area (TPSA) is 82.7 Å². The van der Waals surface area contributed by atoms with Crippen LogP contribution in [0.3, 0.4) is 0 Å². The molecule has 0 saturated carbocycles. The molecule has 0 aliphatic heterocycles. The van der Waals surface area contributed by atoms with Crippen LogP contribution in [0.15, 0.2) is 4.79 Å². The van der Waals surface area contributed by atoms with Gasteiger partial charge in [-0.1, -0.05) is 0 Å². The highest BCUT2D eigenvalue weighted by Crippen LogP contribution is 1.99. The molecule has 1 aromatic rings. The van der Waals surface area contributed by atoms with Gasteiger partial charge in [-0.25, -0.2) is 9.89 Å². The molecule has 7 heteroatoms. The van der Waals surface area contributed by atoms with Crippen LogP contribution in [0.25, 0.3) is 0 Å². The quantitative estimate of drug-likeness (QED) is 0.679. The second-order valence-electron chi connectivity index (χ2n) is 4.56. The van der Waals surface area contributed by atoms with Crippen LogP contribution < -0.4 is 11.0 Å². The zero-order chi connectivity index (χ0) is 12.3. The summed E-state index contributed by atoms with van der Waals surface area (Å²) in [6.45, 7) is 5.98. The van der Waals surface area contributed by atoms with Gasteiger partial charge < -0.3 is 5.32 Å². The number of H-pyrrole nitrogens is 2. The Labute approximate surface area is 98.0 Å². The second-order valence-corrected chi connectivity index (χ2v) is 4.95. The first-order valence-electron chi connectivity index (χ1n) is 4.98. The summed E-state index contributed by atoms with van der Waals surface area (Å²) in [4.78, 5) is 22.7. The molecule has 0 aromatic carbocycles. The molecule has 0 saturated heterocycles. The standard InChI is InChI=1S/C9H16N4O2S/c1-9(2,3)10-6(14)4-5-13-7(15)11-12-8(13)16/h4-5H2,1-3H3,(H,10,14)(H,11,15)(H,12,16). The Morgan fingerprint density at radius 3 is 2.50 bits per heavy atom. The van der Waals surface area contributed by atoms with Crippen molar-refractivity contribution in [2.75, 3.05) is 0 Å². The fourth-order valence-electron chi connectivity index (χ4n) is 1.23. The summed E-state index contributed by atoms with van der Waals surface area (Å²) in [7, 11) is 0. The predicted molar refractivity (Wildman–Crippen MR) is 62.8 cm³/mol. The van der Waals surface area contributed by atoms with E-state index in [0.717, 1.165) is 0 Å². The number of nitrogens with zero attached hydrogens (tertiary/aromatic N) is 1. The molecule has 0 aliphatic carbocycles. The van der Waals surface area contributed by atoms with Gasteiger partial charge in [0.1, 0.15) is 0 Å². The molecule has 0 bridgehead atoms. The van der Waals surface area contributed by atoms with E-state index >= 15 is 0 Å². The van der Waals surface area contributed by atoms with Crippen LogP contribution in [0.2, 0.25) is 0 Å². The van der Waals surface area contributed by atoms with Gasteiger partial charge in [-0.3, -0.25) is 14.5 Å². The lowest BCUT2D eigenvalue weighted by Gasteiger charge is -2.20. The number of hydrogen-bond donors (Lipinski definition) is 3. The van der Waals surface area contributed by atoms with Crippen molar-refractivity contribution >= 4 is 18.1 Å². The molecule has 0 spiro atoms. The average molecular weight is 244 g/mol. The highest BCUT2D eigenvalue weighted by Gasteiger charge is 2.13. The first kappa shape index (κ1) is 12.7. The van der Waals surface area contributed by atoms with Gasteiger partial charge in [0.05, 0.1) is 0 Å². The Bertz CT molecular complexity index is 449. The molecule has 90 valence electrons. The van der Waals surface area contributed by atoms with Crippen molar-refractivity contribution in [3.05, 3.63) is 15.3 Å². The minimum atomic E-state index is -0.325. The molecule has 0 aliphatic rings. The van der Waals surface area contributed by atoms with Crippen LogP contribution in [-0.4, -0.2) is 26.2 Å². The molecule has 0 radical (unpaired) electrons. The molecule has 0 unspecified atom stereocenters. The summed E-state index contributed by atoms with van der Waals surface area (Å²) in [6.07, 6.45) is 0.229. The van der Waals surface area contributed by atoms with Crippen molar-refractivity contribution in [2.45, 2.75) is 39.3 Å². The van der Waals surface area contributed by atoms with Crippen LogP contribution >= 0.6 is 12.2 Å². The Morgan fingerprint density at radius 2 is 2.06 bits per heavy atom. The summed E-state index contributed by atoms with van der Waals surface area (Å²) in [5.41, 5.74) is -0.586. The first-order chi connectivity index (χ1) is 7.29. The van der Waals surface area contributed by atoms with Crippen molar-refractivity contribution in [3.8, 4) is 0 Å². The number of amides is 1. The number of hydrogen-bond acceptors (Lipinski definition) is 3. The number of aromatic amines is 2. The highest BCUT2D eigenvalue weighted by molar-refractivity contribution is 7.71. The van der Waals surface area contributed by atoms with Gasteiger partial charge in [-0.05, 0) is 33.0 Å². The van der Waals surface area contributed by atoms with E-state index in [1.165, 1.54) is 4.57 Å². The number of carbonyl (C=O) groups is 1. The third kappa shape index (κ3) is 3.65. The van der Waals surface area contributed by atoms with Gasteiger partial charge >= 0.3 is 5.69 Å². The molecule has 0 atom stereocenters. The van der Waals surface area contributed by atoms with Gasteiger partial charge in [0, 0.05) is 18.5 Å². The number of rotatable bonds is 3. The summed E-state index contributed by atoms with van der Waals surface area (Å²) in [6, 6.07) is 0. The third-order valence-corrected chi connectivity index (χ3v) is 2.17. The SMILES string of the molecule is CC(C)(C)NC(=O)CCn1c(=O)[nH][nH]c1=S. The predicted octanol–water partition coefficient (Wildman–Crippen LogP) is 0.539. The van der Waals surface area contributed by atoms with Crippen molar-refractivity contribution < 1.29 is 4.79 Å². The van der Waals surface area contributed by atoms with Gasteiger partial charge in [0.25, 0.3) is 0 Å². The molecular formula is C9H16N4O2S. The van der Waals surface area contributed by atoms with E-state index < -0.39 is 0 Å². The Hall–Kier alpha value is -1.37. The highest BCUT2D eigenvalue weighted by atomic mass is 32.1. The van der Waals surface area contributed by atoms with Gasteiger partial charge in [-0.15, -0.1) is 0 Å². The molecule has 16 heavy (non-hydrogen) atoms. The second kappa shape index (κ2) is 4.65. The van der Waals surface area contributed by atoms with E-state index in [9.17, 15) is 9.59 Å². The Balaban J connectivity index is 2.56. The Morgan fingerprint density at radius 1 is 1.44 bits per heavy atom. The maximum Gasteiger partial charge on any atom is 0.342 e. The average Bonchev–Trinajstić information content (AvgIpc) is 2.41.